The molecule has 0 spiro atoms. The molecule has 1 aromatic carbocycles. The van der Waals surface area contributed by atoms with E-state index < -0.39 is 24.0 Å². The molecular formula is C15H11N3O4. The number of nitrogens with one attached hydrogen (secondary N) is 2. The number of aromatic nitrogens is 1. The lowest BCUT2D eigenvalue weighted by molar-refractivity contribution is -0.119. The van der Waals surface area contributed by atoms with Gasteiger partial charge in [0.25, 0.3) is 11.5 Å². The van der Waals surface area contributed by atoms with E-state index >= 15 is 0 Å². The molecule has 0 unspecified atom stereocenters. The lowest BCUT2D eigenvalue weighted by Gasteiger charge is -2.06. The highest BCUT2D eigenvalue weighted by molar-refractivity contribution is 5.95. The van der Waals surface area contributed by atoms with Crippen molar-refractivity contribution in [3.05, 3.63) is 64.1 Å². The summed E-state index contributed by atoms with van der Waals surface area (Å²) in [5.74, 6) is -1.46. The number of hydrogen-bond donors (Lipinski definition) is 2. The van der Waals surface area contributed by atoms with Crippen molar-refractivity contribution in [3.8, 4) is 6.07 Å². The summed E-state index contributed by atoms with van der Waals surface area (Å²) in [5.41, 5.74) is 0.0414. The fraction of sp³-hybridized carbons (Fsp3) is 0.0667. The standard InChI is InChI=1S/C15H11N3O4/c16-8-10-3-1-4-11(7-10)18-13(19)9-22-15(21)12-5-2-6-17-14(12)20/h1-7H,9H2,(H,17,20)(H,18,19). The maximum atomic E-state index is 11.7. The third kappa shape index (κ3) is 3.80. The number of nitriles is 1. The van der Waals surface area contributed by atoms with Gasteiger partial charge in [0.15, 0.2) is 6.61 Å². The number of carbonyl (C=O) groups excluding carboxylic acids is 2. The van der Waals surface area contributed by atoms with Crippen LogP contribution in [0.3, 0.4) is 0 Å². The van der Waals surface area contributed by atoms with Crippen molar-refractivity contribution < 1.29 is 14.3 Å². The Hall–Kier alpha value is -3.40. The third-order valence-corrected chi connectivity index (χ3v) is 2.65. The quantitative estimate of drug-likeness (QED) is 0.819. The van der Waals surface area contributed by atoms with Gasteiger partial charge in [-0.15, -0.1) is 0 Å². The van der Waals surface area contributed by atoms with E-state index in [9.17, 15) is 14.4 Å². The third-order valence-electron chi connectivity index (χ3n) is 2.65. The highest BCUT2D eigenvalue weighted by atomic mass is 16.5. The molecule has 7 heteroatoms. The number of rotatable bonds is 4. The van der Waals surface area contributed by atoms with Crippen LogP contribution in [0.4, 0.5) is 5.69 Å². The second kappa shape index (κ2) is 6.85. The molecule has 0 saturated carbocycles. The van der Waals surface area contributed by atoms with E-state index in [0.717, 1.165) is 0 Å². The van der Waals surface area contributed by atoms with Crippen LogP contribution >= 0.6 is 0 Å². The molecule has 0 radical (unpaired) electrons. The Labute approximate surface area is 125 Å². The molecule has 7 nitrogen and oxygen atoms in total. The summed E-state index contributed by atoms with van der Waals surface area (Å²) in [5, 5.41) is 11.2. The molecule has 2 rings (SSSR count). The number of carbonyl (C=O) groups is 2. The second-order valence-electron chi connectivity index (χ2n) is 4.23. The van der Waals surface area contributed by atoms with Gasteiger partial charge in [-0.2, -0.15) is 5.26 Å². The van der Waals surface area contributed by atoms with Gasteiger partial charge >= 0.3 is 5.97 Å². The molecular weight excluding hydrogens is 286 g/mol. The molecule has 0 atom stereocenters. The van der Waals surface area contributed by atoms with Crippen molar-refractivity contribution in [1.82, 2.24) is 4.98 Å². The van der Waals surface area contributed by atoms with Crippen molar-refractivity contribution >= 4 is 17.6 Å². The van der Waals surface area contributed by atoms with E-state index in [4.69, 9.17) is 10.00 Å². The largest absolute Gasteiger partial charge is 0.452 e. The number of benzene rings is 1. The van der Waals surface area contributed by atoms with Gasteiger partial charge in [-0.05, 0) is 30.3 Å². The maximum Gasteiger partial charge on any atom is 0.344 e. The maximum absolute atomic E-state index is 11.7. The molecule has 0 bridgehead atoms. The molecule has 2 N–H and O–H groups in total. The first-order valence-electron chi connectivity index (χ1n) is 6.25. The Balaban J connectivity index is 1.93. The first kappa shape index (κ1) is 15.0. The first-order chi connectivity index (χ1) is 10.6. The highest BCUT2D eigenvalue weighted by Crippen LogP contribution is 2.09. The second-order valence-corrected chi connectivity index (χ2v) is 4.23. The van der Waals surface area contributed by atoms with Gasteiger partial charge in [0.05, 0.1) is 11.6 Å². The highest BCUT2D eigenvalue weighted by Gasteiger charge is 2.13. The van der Waals surface area contributed by atoms with Crippen LogP contribution < -0.4 is 10.9 Å². The van der Waals surface area contributed by atoms with E-state index in [1.165, 1.54) is 24.4 Å². The van der Waals surface area contributed by atoms with Gasteiger partial charge in [0, 0.05) is 11.9 Å². The van der Waals surface area contributed by atoms with Gasteiger partial charge in [0.2, 0.25) is 0 Å². The molecule has 1 aromatic heterocycles. The van der Waals surface area contributed by atoms with Crippen LogP contribution in [0.2, 0.25) is 0 Å². The minimum atomic E-state index is -0.886. The fourth-order valence-corrected chi connectivity index (χ4v) is 1.65. The molecule has 1 amide bonds. The summed E-state index contributed by atoms with van der Waals surface area (Å²) in [6, 6.07) is 11.0. The lowest BCUT2D eigenvalue weighted by Crippen LogP contribution is -2.24. The predicted molar refractivity (Wildman–Crippen MR) is 77.1 cm³/mol. The van der Waals surface area contributed by atoms with E-state index in [1.54, 1.807) is 18.2 Å². The van der Waals surface area contributed by atoms with E-state index in [-0.39, 0.29) is 5.56 Å². The number of pyridine rings is 1. The molecule has 1 heterocycles. The summed E-state index contributed by atoms with van der Waals surface area (Å²) < 4.78 is 4.76. The zero-order valence-electron chi connectivity index (χ0n) is 11.3. The topological polar surface area (TPSA) is 112 Å². The summed E-state index contributed by atoms with van der Waals surface area (Å²) in [6.45, 7) is -0.538. The van der Waals surface area contributed by atoms with Gasteiger partial charge in [0.1, 0.15) is 5.56 Å². The first-order valence-corrected chi connectivity index (χ1v) is 6.25. The normalized spacial score (nSPS) is 9.59. The van der Waals surface area contributed by atoms with Crippen LogP contribution in [0, 0.1) is 11.3 Å². The number of hydrogen-bond acceptors (Lipinski definition) is 5. The lowest BCUT2D eigenvalue weighted by atomic mass is 10.2. The van der Waals surface area contributed by atoms with E-state index in [1.807, 2.05) is 6.07 Å². The molecule has 22 heavy (non-hydrogen) atoms. The molecule has 2 aromatic rings. The average molecular weight is 297 g/mol. The van der Waals surface area contributed by atoms with E-state index in [0.29, 0.717) is 11.3 Å². The summed E-state index contributed by atoms with van der Waals surface area (Å²) in [6.07, 6.45) is 1.38. The summed E-state index contributed by atoms with van der Waals surface area (Å²) in [7, 11) is 0. The van der Waals surface area contributed by atoms with Gasteiger partial charge in [-0.1, -0.05) is 6.07 Å². The van der Waals surface area contributed by atoms with Gasteiger partial charge < -0.3 is 15.0 Å². The number of esters is 1. The monoisotopic (exact) mass is 297 g/mol. The smallest absolute Gasteiger partial charge is 0.344 e. The van der Waals surface area contributed by atoms with Crippen molar-refractivity contribution in [2.45, 2.75) is 0 Å². The number of H-pyrrole nitrogens is 1. The average Bonchev–Trinajstić information content (AvgIpc) is 2.53. The van der Waals surface area contributed by atoms with Crippen molar-refractivity contribution in [2.75, 3.05) is 11.9 Å². The summed E-state index contributed by atoms with van der Waals surface area (Å²) in [4.78, 5) is 37.0. The van der Waals surface area contributed by atoms with Gasteiger partial charge in [-0.3, -0.25) is 9.59 Å². The SMILES string of the molecule is N#Cc1cccc(NC(=O)COC(=O)c2ccc[nH]c2=O)c1. The zero-order valence-corrected chi connectivity index (χ0v) is 11.3. The number of anilines is 1. The van der Waals surface area contributed by atoms with Crippen LogP contribution in [0.25, 0.3) is 0 Å². The molecule has 0 aliphatic carbocycles. The molecule has 0 saturated heterocycles. The van der Waals surface area contributed by atoms with Crippen molar-refractivity contribution in [1.29, 1.82) is 5.26 Å². The minimum Gasteiger partial charge on any atom is -0.452 e. The Morgan fingerprint density at radius 3 is 2.82 bits per heavy atom. The Morgan fingerprint density at radius 1 is 1.27 bits per heavy atom. The van der Waals surface area contributed by atoms with Crippen LogP contribution in [0.1, 0.15) is 15.9 Å². The van der Waals surface area contributed by atoms with Crippen molar-refractivity contribution in [2.24, 2.45) is 0 Å². The van der Waals surface area contributed by atoms with Crippen LogP contribution in [0.15, 0.2) is 47.4 Å². The number of nitrogens with zero attached hydrogens (tertiary/aromatic N) is 1. The van der Waals surface area contributed by atoms with Crippen LogP contribution in [-0.4, -0.2) is 23.5 Å². The zero-order chi connectivity index (χ0) is 15.9. The number of ether oxygens (including phenoxy) is 1. The van der Waals surface area contributed by atoms with Gasteiger partial charge in [-0.25, -0.2) is 4.79 Å². The minimum absolute atomic E-state index is 0.179. The van der Waals surface area contributed by atoms with Crippen LogP contribution in [-0.2, 0) is 9.53 Å². The van der Waals surface area contributed by atoms with Crippen LogP contribution in [0.5, 0.6) is 0 Å². The molecule has 110 valence electrons. The molecule has 0 fully saturated rings. The number of aromatic amines is 1. The predicted octanol–water partition coefficient (Wildman–Crippen LogP) is 1.04. The molecule has 0 aliphatic rings. The molecule has 0 aliphatic heterocycles. The Kier molecular flexibility index (Phi) is 4.67. The van der Waals surface area contributed by atoms with E-state index in [2.05, 4.69) is 10.3 Å². The van der Waals surface area contributed by atoms with Crippen molar-refractivity contribution in [3.63, 3.8) is 0 Å². The fourth-order valence-electron chi connectivity index (χ4n) is 1.65. The number of amides is 1. The Bertz CT molecular complexity index is 805. The summed E-state index contributed by atoms with van der Waals surface area (Å²) >= 11 is 0. The Morgan fingerprint density at radius 2 is 2.09 bits per heavy atom.